The van der Waals surface area contributed by atoms with Crippen LogP contribution in [0.25, 0.3) is 16.9 Å². The van der Waals surface area contributed by atoms with Crippen LogP contribution in [0.2, 0.25) is 0 Å². The van der Waals surface area contributed by atoms with E-state index in [4.69, 9.17) is 0 Å². The largest absolute Gasteiger partial charge is 0.244 e. The van der Waals surface area contributed by atoms with Gasteiger partial charge in [-0.3, -0.25) is 0 Å². The molecule has 3 aromatic rings. The van der Waals surface area contributed by atoms with E-state index in [1.807, 2.05) is 60.7 Å². The third-order valence-electron chi connectivity index (χ3n) is 2.97. The van der Waals surface area contributed by atoms with Crippen LogP contribution in [-0.4, -0.2) is 9.78 Å². The molecule has 2 aromatic carbocycles. The standard InChI is InChI=1S/C16H13FN2/c17-12-14-11-16(13-7-3-1-4-8-13)19(18-14)15-9-5-2-6-10-15/h1-11H,12H2. The van der Waals surface area contributed by atoms with Gasteiger partial charge in [0.25, 0.3) is 0 Å². The number of halogens is 1. The van der Waals surface area contributed by atoms with Crippen LogP contribution in [-0.2, 0) is 6.67 Å². The van der Waals surface area contributed by atoms with Gasteiger partial charge < -0.3 is 0 Å². The molecular formula is C16H13FN2. The summed E-state index contributed by atoms with van der Waals surface area (Å²) >= 11 is 0. The van der Waals surface area contributed by atoms with Gasteiger partial charge in [-0.25, -0.2) is 9.07 Å². The fraction of sp³-hybridized carbons (Fsp3) is 0.0625. The molecule has 3 rings (SSSR count). The molecule has 0 fully saturated rings. The minimum Gasteiger partial charge on any atom is -0.244 e. The summed E-state index contributed by atoms with van der Waals surface area (Å²) in [6.45, 7) is -0.556. The van der Waals surface area contributed by atoms with Crippen molar-refractivity contribution >= 4 is 0 Å². The number of para-hydroxylation sites is 1. The van der Waals surface area contributed by atoms with Crippen molar-refractivity contribution in [2.24, 2.45) is 0 Å². The quantitative estimate of drug-likeness (QED) is 0.688. The maximum absolute atomic E-state index is 12.9. The number of benzene rings is 2. The van der Waals surface area contributed by atoms with Crippen molar-refractivity contribution in [3.05, 3.63) is 72.4 Å². The molecule has 0 radical (unpaired) electrons. The highest BCUT2D eigenvalue weighted by Gasteiger charge is 2.10. The zero-order valence-electron chi connectivity index (χ0n) is 10.3. The molecule has 19 heavy (non-hydrogen) atoms. The van der Waals surface area contributed by atoms with E-state index in [-0.39, 0.29) is 0 Å². The first kappa shape index (κ1) is 11.7. The van der Waals surface area contributed by atoms with Gasteiger partial charge in [0.1, 0.15) is 6.67 Å². The molecule has 0 aliphatic carbocycles. The van der Waals surface area contributed by atoms with Gasteiger partial charge in [-0.2, -0.15) is 5.10 Å². The number of hydrogen-bond donors (Lipinski definition) is 0. The van der Waals surface area contributed by atoms with E-state index in [0.717, 1.165) is 16.9 Å². The summed E-state index contributed by atoms with van der Waals surface area (Å²) in [5.74, 6) is 0. The Balaban J connectivity index is 2.17. The molecule has 1 aromatic heterocycles. The van der Waals surface area contributed by atoms with Crippen LogP contribution >= 0.6 is 0 Å². The number of alkyl halides is 1. The van der Waals surface area contributed by atoms with Crippen molar-refractivity contribution in [2.75, 3.05) is 0 Å². The molecule has 3 heteroatoms. The molecule has 0 aliphatic rings. The van der Waals surface area contributed by atoms with Gasteiger partial charge in [-0.1, -0.05) is 48.5 Å². The first-order chi connectivity index (χ1) is 9.38. The minimum absolute atomic E-state index is 0.447. The minimum atomic E-state index is -0.556. The molecule has 0 aliphatic heterocycles. The van der Waals surface area contributed by atoms with E-state index in [2.05, 4.69) is 5.10 Å². The average molecular weight is 252 g/mol. The Morgan fingerprint density at radius 2 is 1.53 bits per heavy atom. The summed E-state index contributed by atoms with van der Waals surface area (Å²) in [6.07, 6.45) is 0. The predicted molar refractivity (Wildman–Crippen MR) is 73.8 cm³/mol. The van der Waals surface area contributed by atoms with Gasteiger partial charge >= 0.3 is 0 Å². The van der Waals surface area contributed by atoms with Crippen LogP contribution in [0.1, 0.15) is 5.69 Å². The van der Waals surface area contributed by atoms with E-state index in [1.165, 1.54) is 0 Å². The second-order valence-corrected chi connectivity index (χ2v) is 4.27. The summed E-state index contributed by atoms with van der Waals surface area (Å²) in [7, 11) is 0. The molecule has 0 unspecified atom stereocenters. The Morgan fingerprint density at radius 3 is 2.16 bits per heavy atom. The van der Waals surface area contributed by atoms with Crippen molar-refractivity contribution in [1.82, 2.24) is 9.78 Å². The van der Waals surface area contributed by atoms with Crippen molar-refractivity contribution < 1.29 is 4.39 Å². The van der Waals surface area contributed by atoms with Crippen molar-refractivity contribution in [2.45, 2.75) is 6.67 Å². The average Bonchev–Trinajstić information content (AvgIpc) is 2.93. The number of rotatable bonds is 3. The van der Waals surface area contributed by atoms with Crippen LogP contribution in [0.5, 0.6) is 0 Å². The maximum atomic E-state index is 12.9. The predicted octanol–water partition coefficient (Wildman–Crippen LogP) is 4.01. The Kier molecular flexibility index (Phi) is 3.11. The molecule has 0 saturated heterocycles. The van der Waals surface area contributed by atoms with Crippen LogP contribution in [0.15, 0.2) is 66.7 Å². The molecule has 0 spiro atoms. The van der Waals surface area contributed by atoms with E-state index in [1.54, 1.807) is 10.7 Å². The van der Waals surface area contributed by atoms with Gasteiger partial charge in [-0.15, -0.1) is 0 Å². The van der Waals surface area contributed by atoms with Gasteiger partial charge in [0, 0.05) is 5.56 Å². The Morgan fingerprint density at radius 1 is 0.895 bits per heavy atom. The van der Waals surface area contributed by atoms with E-state index < -0.39 is 6.67 Å². The molecule has 0 N–H and O–H groups in total. The molecule has 94 valence electrons. The fourth-order valence-electron chi connectivity index (χ4n) is 2.08. The van der Waals surface area contributed by atoms with Gasteiger partial charge in [0.05, 0.1) is 17.1 Å². The normalized spacial score (nSPS) is 10.6. The first-order valence-electron chi connectivity index (χ1n) is 6.14. The smallest absolute Gasteiger partial charge is 0.133 e. The van der Waals surface area contributed by atoms with Gasteiger partial charge in [0.15, 0.2) is 0 Å². The fourth-order valence-corrected chi connectivity index (χ4v) is 2.08. The van der Waals surface area contributed by atoms with Crippen LogP contribution < -0.4 is 0 Å². The topological polar surface area (TPSA) is 17.8 Å². The van der Waals surface area contributed by atoms with Crippen LogP contribution in [0, 0.1) is 0 Å². The van der Waals surface area contributed by atoms with Crippen molar-refractivity contribution in [1.29, 1.82) is 0 Å². The lowest BCUT2D eigenvalue weighted by molar-refractivity contribution is 0.473. The summed E-state index contributed by atoms with van der Waals surface area (Å²) < 4.78 is 14.7. The lowest BCUT2D eigenvalue weighted by Crippen LogP contribution is -1.99. The van der Waals surface area contributed by atoms with Crippen molar-refractivity contribution in [3.63, 3.8) is 0 Å². The van der Waals surface area contributed by atoms with Crippen LogP contribution in [0.4, 0.5) is 4.39 Å². The molecule has 1 heterocycles. The monoisotopic (exact) mass is 252 g/mol. The zero-order chi connectivity index (χ0) is 13.1. The molecule has 0 amide bonds. The second-order valence-electron chi connectivity index (χ2n) is 4.27. The van der Waals surface area contributed by atoms with E-state index in [0.29, 0.717) is 5.69 Å². The first-order valence-corrected chi connectivity index (χ1v) is 6.14. The number of nitrogens with zero attached hydrogens (tertiary/aromatic N) is 2. The van der Waals surface area contributed by atoms with Crippen molar-refractivity contribution in [3.8, 4) is 16.9 Å². The highest BCUT2D eigenvalue weighted by atomic mass is 19.1. The lowest BCUT2D eigenvalue weighted by Gasteiger charge is -2.07. The summed E-state index contributed by atoms with van der Waals surface area (Å²) in [4.78, 5) is 0. The lowest BCUT2D eigenvalue weighted by atomic mass is 10.1. The van der Waals surface area contributed by atoms with Gasteiger partial charge in [0.2, 0.25) is 0 Å². The Hall–Kier alpha value is -2.42. The molecule has 0 atom stereocenters. The summed E-state index contributed by atoms with van der Waals surface area (Å²) in [6, 6.07) is 21.4. The molecule has 2 nitrogen and oxygen atoms in total. The number of hydrogen-bond acceptors (Lipinski definition) is 1. The second kappa shape index (κ2) is 5.06. The summed E-state index contributed by atoms with van der Waals surface area (Å²) in [5.41, 5.74) is 3.31. The SMILES string of the molecule is FCc1cc(-c2ccccc2)n(-c2ccccc2)n1. The molecular weight excluding hydrogens is 239 g/mol. The zero-order valence-corrected chi connectivity index (χ0v) is 10.3. The summed E-state index contributed by atoms with van der Waals surface area (Å²) in [5, 5.41) is 4.32. The number of aromatic nitrogens is 2. The highest BCUT2D eigenvalue weighted by molar-refractivity contribution is 5.62. The van der Waals surface area contributed by atoms with Crippen LogP contribution in [0.3, 0.4) is 0 Å². The third kappa shape index (κ3) is 2.27. The van der Waals surface area contributed by atoms with E-state index >= 15 is 0 Å². The maximum Gasteiger partial charge on any atom is 0.133 e. The molecule has 0 bridgehead atoms. The molecule has 0 saturated carbocycles. The third-order valence-corrected chi connectivity index (χ3v) is 2.97. The Bertz CT molecular complexity index is 603. The van der Waals surface area contributed by atoms with E-state index in [9.17, 15) is 4.39 Å². The van der Waals surface area contributed by atoms with Gasteiger partial charge in [-0.05, 0) is 18.2 Å². The Labute approximate surface area is 111 Å². The highest BCUT2D eigenvalue weighted by Crippen LogP contribution is 2.24.